The Morgan fingerprint density at radius 3 is 2.54 bits per heavy atom. The van der Waals surface area contributed by atoms with E-state index in [4.69, 9.17) is 34.8 Å². The van der Waals surface area contributed by atoms with E-state index in [1.807, 2.05) is 5.16 Å². The molecule has 0 saturated heterocycles. The van der Waals surface area contributed by atoms with Gasteiger partial charge in [0.25, 0.3) is 0 Å². The van der Waals surface area contributed by atoms with E-state index in [2.05, 4.69) is 22.5 Å². The smallest absolute Gasteiger partial charge is 0.231 e. The lowest BCUT2D eigenvalue weighted by atomic mass is 10.4. The van der Waals surface area contributed by atoms with Gasteiger partial charge in [-0.1, -0.05) is 41.7 Å². The third-order valence-corrected chi connectivity index (χ3v) is 1.84. The van der Waals surface area contributed by atoms with E-state index < -0.39 is 9.96 Å². The minimum absolute atomic E-state index is 0.273. The molecule has 1 atom stereocenters. The number of carbonyl (C=O) groups excluding carboxylic acids is 1. The molecule has 0 unspecified atom stereocenters. The van der Waals surface area contributed by atoms with Crippen LogP contribution in [0.4, 0.5) is 0 Å². The summed E-state index contributed by atoms with van der Waals surface area (Å²) in [6.45, 7) is 1.67. The minimum atomic E-state index is -1.71. The zero-order valence-corrected chi connectivity index (χ0v) is 9.77. The second kappa shape index (κ2) is 5.78. The summed E-state index contributed by atoms with van der Waals surface area (Å²) in [6, 6.07) is 0. The largest absolute Gasteiger partial charge is 0.330 e. The summed E-state index contributed by atoms with van der Waals surface area (Å²) in [5.74, 6) is -0.273. The first kappa shape index (κ1) is 13.1. The summed E-state index contributed by atoms with van der Waals surface area (Å²) >= 11 is 20.9. The van der Waals surface area contributed by atoms with Crippen LogP contribution in [0.3, 0.4) is 0 Å². The first-order valence-corrected chi connectivity index (χ1v) is 4.89. The minimum Gasteiger partial charge on any atom is -0.330 e. The zero-order valence-electron chi connectivity index (χ0n) is 6.68. The number of hydrogen-bond donors (Lipinski definition) is 1. The average Bonchev–Trinajstić information content (AvgIpc) is 2.01. The Morgan fingerprint density at radius 2 is 2.23 bits per heavy atom. The molecule has 0 aromatic rings. The van der Waals surface area contributed by atoms with E-state index in [0.717, 1.165) is 0 Å². The Bertz CT molecular complexity index is 235. The van der Waals surface area contributed by atoms with Gasteiger partial charge in [0, 0.05) is 6.42 Å². The van der Waals surface area contributed by atoms with Crippen molar-refractivity contribution in [2.45, 2.75) is 23.3 Å². The number of amides is 1. The highest BCUT2D eigenvalue weighted by Crippen LogP contribution is 2.30. The van der Waals surface area contributed by atoms with Crippen molar-refractivity contribution in [1.29, 1.82) is 0 Å². The number of halogens is 3. The van der Waals surface area contributed by atoms with Gasteiger partial charge in [0.1, 0.15) is 0 Å². The number of alkyl halides is 3. The van der Waals surface area contributed by atoms with Gasteiger partial charge in [-0.25, -0.2) is 4.99 Å². The molecule has 74 valence electrons. The lowest BCUT2D eigenvalue weighted by Crippen LogP contribution is -2.41. The molecule has 1 N–H and O–H groups in total. The van der Waals surface area contributed by atoms with E-state index >= 15 is 0 Å². The van der Waals surface area contributed by atoms with Gasteiger partial charge < -0.3 is 5.32 Å². The molecule has 0 heterocycles. The topological polar surface area (TPSA) is 41.5 Å². The summed E-state index contributed by atoms with van der Waals surface area (Å²) in [7, 11) is 0. The van der Waals surface area contributed by atoms with Crippen molar-refractivity contribution in [2.75, 3.05) is 0 Å². The third-order valence-electron chi connectivity index (χ3n) is 1.11. The summed E-state index contributed by atoms with van der Waals surface area (Å²) < 4.78 is -1.71. The van der Waals surface area contributed by atoms with Gasteiger partial charge in [0.05, 0.1) is 5.16 Å². The number of carbonyl (C=O) groups is 1. The van der Waals surface area contributed by atoms with E-state index in [1.165, 1.54) is 0 Å². The van der Waals surface area contributed by atoms with Gasteiger partial charge in [0.2, 0.25) is 9.70 Å². The number of aliphatic imine (C=N–C) groups is 1. The zero-order chi connectivity index (χ0) is 10.5. The Kier molecular flexibility index (Phi) is 5.85. The molecule has 0 spiro atoms. The molecule has 0 aromatic heterocycles. The van der Waals surface area contributed by atoms with Crippen LogP contribution in [0.2, 0.25) is 0 Å². The molecule has 1 amide bonds. The molecule has 3 nitrogen and oxygen atoms in total. The van der Waals surface area contributed by atoms with E-state index in [-0.39, 0.29) is 12.3 Å². The molecule has 0 aliphatic rings. The molecular weight excluding hydrogens is 255 g/mol. The predicted molar refractivity (Wildman–Crippen MR) is 57.5 cm³/mol. The van der Waals surface area contributed by atoms with Gasteiger partial charge in [-0.3, -0.25) is 4.79 Å². The van der Waals surface area contributed by atoms with Gasteiger partial charge in [-0.15, -0.1) is 0 Å². The predicted octanol–water partition coefficient (Wildman–Crippen LogP) is 2.31. The third kappa shape index (κ3) is 5.45. The molecule has 0 aliphatic heterocycles. The maximum Gasteiger partial charge on any atom is 0.231 e. The maximum absolute atomic E-state index is 10.9. The highest BCUT2D eigenvalue weighted by atomic mass is 35.6. The highest BCUT2D eigenvalue weighted by Gasteiger charge is 2.33. The maximum atomic E-state index is 10.9. The molecule has 0 bridgehead atoms. The van der Waals surface area contributed by atoms with E-state index in [9.17, 15) is 4.79 Å². The molecule has 0 radical (unpaired) electrons. The fourth-order valence-corrected chi connectivity index (χ4v) is 0.910. The fraction of sp³-hybridized carbons (Fsp3) is 0.667. The first-order valence-electron chi connectivity index (χ1n) is 3.35. The molecule has 7 heteroatoms. The highest BCUT2D eigenvalue weighted by molar-refractivity contribution is 7.78. The second-order valence-electron chi connectivity index (χ2n) is 2.09. The van der Waals surface area contributed by atoms with Crippen LogP contribution >= 0.6 is 47.0 Å². The Balaban J connectivity index is 4.45. The quantitative estimate of drug-likeness (QED) is 0.481. The summed E-state index contributed by atoms with van der Waals surface area (Å²) in [4.78, 5) is 14.5. The lowest BCUT2D eigenvalue weighted by Gasteiger charge is -2.19. The number of nitrogens with zero attached hydrogens (tertiary/aromatic N) is 1. The standard InChI is InChI=1S/C6H7Cl3N2OS/c1-2-4(12)11-5(10-3-13)6(7,8)9/h5H,2H2,1H3,(H,11,12)/t5-/m0/s1. The number of rotatable bonds is 3. The van der Waals surface area contributed by atoms with Crippen molar-refractivity contribution >= 4 is 58.1 Å². The molecule has 0 saturated carbocycles. The molecule has 0 aliphatic carbocycles. The van der Waals surface area contributed by atoms with Gasteiger partial charge in [-0.05, 0) is 12.2 Å². The number of isothiocyanates is 1. The summed E-state index contributed by atoms with van der Waals surface area (Å²) in [6.07, 6.45) is -0.702. The lowest BCUT2D eigenvalue weighted by molar-refractivity contribution is -0.121. The molecule has 13 heavy (non-hydrogen) atoms. The van der Waals surface area contributed by atoms with Crippen LogP contribution in [-0.4, -0.2) is 21.0 Å². The Labute approximate surface area is 96.4 Å². The van der Waals surface area contributed by atoms with Crippen LogP contribution in [0, 0.1) is 0 Å². The van der Waals surface area contributed by atoms with Crippen molar-refractivity contribution in [3.05, 3.63) is 0 Å². The Hall–Kier alpha value is 0.140. The number of thiocarbonyl (C=S) groups is 1. The number of hydrogen-bond acceptors (Lipinski definition) is 3. The fourth-order valence-electron chi connectivity index (χ4n) is 0.495. The van der Waals surface area contributed by atoms with Crippen molar-refractivity contribution in [1.82, 2.24) is 5.32 Å². The molecule has 0 fully saturated rings. The van der Waals surface area contributed by atoms with Crippen molar-refractivity contribution in [3.63, 3.8) is 0 Å². The van der Waals surface area contributed by atoms with Crippen LogP contribution in [-0.2, 0) is 4.79 Å². The van der Waals surface area contributed by atoms with E-state index in [1.54, 1.807) is 6.92 Å². The Morgan fingerprint density at radius 1 is 1.69 bits per heavy atom. The summed E-state index contributed by atoms with van der Waals surface area (Å²) in [5.41, 5.74) is 0. The molecule has 0 rings (SSSR count). The van der Waals surface area contributed by atoms with Crippen molar-refractivity contribution < 1.29 is 4.79 Å². The normalized spacial score (nSPS) is 12.9. The van der Waals surface area contributed by atoms with Gasteiger partial charge in [0.15, 0.2) is 6.17 Å². The monoisotopic (exact) mass is 260 g/mol. The average molecular weight is 262 g/mol. The van der Waals surface area contributed by atoms with Crippen molar-refractivity contribution in [2.24, 2.45) is 4.99 Å². The first-order chi connectivity index (χ1) is 5.91. The van der Waals surface area contributed by atoms with Crippen LogP contribution in [0.25, 0.3) is 0 Å². The number of nitrogens with one attached hydrogen (secondary N) is 1. The molecule has 0 aromatic carbocycles. The van der Waals surface area contributed by atoms with Gasteiger partial charge in [-0.2, -0.15) is 0 Å². The van der Waals surface area contributed by atoms with Crippen LogP contribution in [0.5, 0.6) is 0 Å². The summed E-state index contributed by atoms with van der Waals surface area (Å²) in [5, 5.41) is 4.42. The van der Waals surface area contributed by atoms with E-state index in [0.29, 0.717) is 0 Å². The van der Waals surface area contributed by atoms with Crippen LogP contribution in [0.1, 0.15) is 13.3 Å². The van der Waals surface area contributed by atoms with Crippen LogP contribution < -0.4 is 5.32 Å². The van der Waals surface area contributed by atoms with Crippen molar-refractivity contribution in [3.8, 4) is 0 Å². The molecular formula is C6H7Cl3N2OS. The van der Waals surface area contributed by atoms with Crippen LogP contribution in [0.15, 0.2) is 4.99 Å². The SMILES string of the molecule is CCC(=O)N[C@H](N=C=S)C(Cl)(Cl)Cl. The second-order valence-corrected chi connectivity index (χ2v) is 4.64. The van der Waals surface area contributed by atoms with Gasteiger partial charge >= 0.3 is 0 Å².